The van der Waals surface area contributed by atoms with Crippen molar-refractivity contribution in [1.29, 1.82) is 0 Å². The van der Waals surface area contributed by atoms with Gasteiger partial charge in [-0.25, -0.2) is 0 Å². The van der Waals surface area contributed by atoms with Gasteiger partial charge in [0.1, 0.15) is 0 Å². The number of hydrogen-bond acceptors (Lipinski definition) is 4. The third-order valence-electron chi connectivity index (χ3n) is 4.34. The fraction of sp³-hybridized carbons (Fsp3) is 0.882. The summed E-state index contributed by atoms with van der Waals surface area (Å²) in [4.78, 5) is 22.1. The van der Waals surface area contributed by atoms with Crippen LogP contribution in [0.1, 0.15) is 90.9 Å². The van der Waals surface area contributed by atoms with Gasteiger partial charge in [-0.15, -0.1) is 0 Å². The van der Waals surface area contributed by atoms with Crippen molar-refractivity contribution in [2.75, 3.05) is 0 Å². The van der Waals surface area contributed by atoms with Crippen molar-refractivity contribution in [3.63, 3.8) is 0 Å². The van der Waals surface area contributed by atoms with E-state index in [4.69, 9.17) is 0 Å². The molecule has 0 saturated heterocycles. The minimum atomic E-state index is -1.81. The van der Waals surface area contributed by atoms with E-state index >= 15 is 0 Å². The molecule has 0 atom stereocenters. The fourth-order valence-electron chi connectivity index (χ4n) is 2.67. The second kappa shape index (κ2) is 14.3. The minimum Gasteiger partial charge on any atom is -0.549 e. The van der Waals surface area contributed by atoms with Crippen LogP contribution in [0.25, 0.3) is 0 Å². The van der Waals surface area contributed by atoms with Gasteiger partial charge in [0.2, 0.25) is 0 Å². The largest absolute Gasteiger partial charge is 2.00 e. The first-order chi connectivity index (χ1) is 10.0. The van der Waals surface area contributed by atoms with Crippen LogP contribution < -0.4 is 10.2 Å². The smallest absolute Gasteiger partial charge is 0.549 e. The molecule has 0 radical (unpaired) electrons. The standard InChI is InChI=1S/C17H32O4.Mg/c1-3-5-6-7-8-9-10-11-12-13-14-17(4-2,15(18)19)16(20)21;/h3-14H2,1-2H3,(H,18,19)(H,20,21);/q;+2/p-2. The Morgan fingerprint density at radius 3 is 1.41 bits per heavy atom. The van der Waals surface area contributed by atoms with Crippen molar-refractivity contribution < 1.29 is 19.8 Å². The average molecular weight is 323 g/mol. The van der Waals surface area contributed by atoms with E-state index in [0.717, 1.165) is 19.3 Å². The van der Waals surface area contributed by atoms with Crippen molar-refractivity contribution in [2.45, 2.75) is 90.9 Å². The number of rotatable bonds is 14. The summed E-state index contributed by atoms with van der Waals surface area (Å²) >= 11 is 0. The van der Waals surface area contributed by atoms with Crippen LogP contribution in [0.4, 0.5) is 0 Å². The van der Waals surface area contributed by atoms with Gasteiger partial charge in [-0.05, 0) is 12.8 Å². The minimum absolute atomic E-state index is 0. The van der Waals surface area contributed by atoms with Gasteiger partial charge in [0.15, 0.2) is 0 Å². The van der Waals surface area contributed by atoms with E-state index in [9.17, 15) is 19.8 Å². The zero-order valence-electron chi connectivity index (χ0n) is 14.3. The van der Waals surface area contributed by atoms with Gasteiger partial charge >= 0.3 is 23.1 Å². The number of carbonyl (C=O) groups excluding carboxylic acids is 2. The maximum absolute atomic E-state index is 11.1. The van der Waals surface area contributed by atoms with Crippen LogP contribution in [-0.4, -0.2) is 35.0 Å². The maximum atomic E-state index is 11.1. The summed E-state index contributed by atoms with van der Waals surface area (Å²) in [5.74, 6) is -3.03. The Morgan fingerprint density at radius 1 is 0.727 bits per heavy atom. The van der Waals surface area contributed by atoms with Crippen LogP contribution in [0.5, 0.6) is 0 Å². The third kappa shape index (κ3) is 8.98. The summed E-state index contributed by atoms with van der Waals surface area (Å²) in [6.07, 6.45) is 11.4. The van der Waals surface area contributed by atoms with Crippen LogP contribution in [-0.2, 0) is 9.59 Å². The molecule has 0 fully saturated rings. The second-order valence-electron chi connectivity index (χ2n) is 5.94. The van der Waals surface area contributed by atoms with E-state index < -0.39 is 17.4 Å². The quantitative estimate of drug-likeness (QED) is 0.277. The van der Waals surface area contributed by atoms with Crippen molar-refractivity contribution in [3.8, 4) is 0 Å². The molecule has 0 unspecified atom stereocenters. The summed E-state index contributed by atoms with van der Waals surface area (Å²) in [7, 11) is 0. The van der Waals surface area contributed by atoms with E-state index in [1.165, 1.54) is 38.5 Å². The molecule has 0 aromatic carbocycles. The summed E-state index contributed by atoms with van der Waals surface area (Å²) in [5, 5.41) is 22.1. The number of unbranched alkanes of at least 4 members (excludes halogenated alkanes) is 9. The topological polar surface area (TPSA) is 80.3 Å². The Labute approximate surface area is 151 Å². The molecule has 0 spiro atoms. The fourth-order valence-corrected chi connectivity index (χ4v) is 2.67. The Kier molecular flexibility index (Phi) is 15.6. The molecule has 124 valence electrons. The number of hydrogen-bond donors (Lipinski definition) is 0. The first kappa shape index (κ1) is 24.0. The molecule has 0 heterocycles. The van der Waals surface area contributed by atoms with Crippen LogP contribution in [0.2, 0.25) is 0 Å². The molecule has 0 rings (SSSR count). The zero-order chi connectivity index (χ0) is 16.1. The summed E-state index contributed by atoms with van der Waals surface area (Å²) < 4.78 is 0. The molecule has 0 aromatic rings. The number of carboxylic acid groups (broad SMARTS) is 2. The zero-order valence-corrected chi connectivity index (χ0v) is 15.7. The summed E-state index contributed by atoms with van der Waals surface area (Å²) in [6.45, 7) is 3.76. The molecule has 0 amide bonds. The molecular formula is C17H30MgO4. The number of carboxylic acids is 2. The molecule has 5 heteroatoms. The van der Waals surface area contributed by atoms with E-state index in [0.29, 0.717) is 6.42 Å². The van der Waals surface area contributed by atoms with Crippen LogP contribution in [0.3, 0.4) is 0 Å². The molecule has 0 bridgehead atoms. The normalized spacial score (nSPS) is 11.0. The summed E-state index contributed by atoms with van der Waals surface area (Å²) in [6, 6.07) is 0. The average Bonchev–Trinajstić information content (AvgIpc) is 2.44. The van der Waals surface area contributed by atoms with Gasteiger partial charge in [-0.1, -0.05) is 78.1 Å². The molecular weight excluding hydrogens is 292 g/mol. The molecule has 0 aliphatic carbocycles. The molecule has 4 nitrogen and oxygen atoms in total. The van der Waals surface area contributed by atoms with E-state index in [2.05, 4.69) is 6.92 Å². The van der Waals surface area contributed by atoms with Crippen LogP contribution >= 0.6 is 0 Å². The Bertz CT molecular complexity index is 291. The summed E-state index contributed by atoms with van der Waals surface area (Å²) in [5.41, 5.74) is -1.81. The van der Waals surface area contributed by atoms with Gasteiger partial charge < -0.3 is 19.8 Å². The van der Waals surface area contributed by atoms with E-state index in [1.807, 2.05) is 0 Å². The third-order valence-corrected chi connectivity index (χ3v) is 4.34. The molecule has 0 saturated carbocycles. The van der Waals surface area contributed by atoms with E-state index in [-0.39, 0.29) is 35.9 Å². The van der Waals surface area contributed by atoms with Crippen molar-refractivity contribution >= 4 is 35.0 Å². The van der Waals surface area contributed by atoms with Gasteiger partial charge in [-0.3, -0.25) is 0 Å². The molecule has 0 aliphatic rings. The number of carbonyl (C=O) groups is 2. The second-order valence-corrected chi connectivity index (χ2v) is 5.94. The van der Waals surface area contributed by atoms with Gasteiger partial charge in [0, 0.05) is 5.41 Å². The SMILES string of the molecule is CCCCCCCCCCCCC(CC)(C(=O)[O-])C(=O)[O-].[Mg+2]. The Morgan fingerprint density at radius 2 is 1.09 bits per heavy atom. The maximum Gasteiger partial charge on any atom is 2.00 e. The molecule has 22 heavy (non-hydrogen) atoms. The van der Waals surface area contributed by atoms with Crippen molar-refractivity contribution in [1.82, 2.24) is 0 Å². The number of aliphatic carboxylic acids is 2. The van der Waals surface area contributed by atoms with Gasteiger partial charge in [0.05, 0.1) is 11.9 Å². The first-order valence-electron chi connectivity index (χ1n) is 8.44. The molecule has 0 aromatic heterocycles. The predicted molar refractivity (Wildman–Crippen MR) is 85.0 cm³/mol. The van der Waals surface area contributed by atoms with Crippen molar-refractivity contribution in [3.05, 3.63) is 0 Å². The molecule has 0 aliphatic heterocycles. The van der Waals surface area contributed by atoms with Crippen LogP contribution in [0.15, 0.2) is 0 Å². The monoisotopic (exact) mass is 322 g/mol. The van der Waals surface area contributed by atoms with E-state index in [1.54, 1.807) is 6.92 Å². The molecule has 0 N–H and O–H groups in total. The first-order valence-corrected chi connectivity index (χ1v) is 8.44. The van der Waals surface area contributed by atoms with Crippen LogP contribution in [0, 0.1) is 5.41 Å². The van der Waals surface area contributed by atoms with Gasteiger partial charge in [0.25, 0.3) is 0 Å². The predicted octanol–water partition coefficient (Wildman–Crippen LogP) is 1.81. The Balaban J connectivity index is 0. The Hall–Kier alpha value is -0.294. The van der Waals surface area contributed by atoms with Crippen molar-refractivity contribution in [2.24, 2.45) is 5.41 Å². The van der Waals surface area contributed by atoms with Gasteiger partial charge in [-0.2, -0.15) is 0 Å².